The Morgan fingerprint density at radius 1 is 1.43 bits per heavy atom. The fourth-order valence-electron chi connectivity index (χ4n) is 0.895. The van der Waals surface area contributed by atoms with Gasteiger partial charge >= 0.3 is 7.32 Å². The highest BCUT2D eigenvalue weighted by molar-refractivity contribution is 6.34. The van der Waals surface area contributed by atoms with Crippen LogP contribution in [0.25, 0.3) is 0 Å². The van der Waals surface area contributed by atoms with Crippen LogP contribution in [0.1, 0.15) is 10.4 Å². The first kappa shape index (κ1) is 10.8. The Labute approximate surface area is 85.2 Å². The average Bonchev–Trinajstić information content (AvgIpc) is 2.01. The van der Waals surface area contributed by atoms with Gasteiger partial charge in [0.25, 0.3) is 0 Å². The smallest absolute Gasteiger partial charge is 0.512 e. The van der Waals surface area contributed by atoms with Gasteiger partial charge in [-0.25, -0.2) is 0 Å². The summed E-state index contributed by atoms with van der Waals surface area (Å²) in [6.07, 6.45) is 0. The van der Waals surface area contributed by atoms with Crippen molar-refractivity contribution in [1.82, 2.24) is 0 Å². The molecule has 0 aliphatic rings. The van der Waals surface area contributed by atoms with E-state index in [0.29, 0.717) is 0 Å². The third-order valence-electron chi connectivity index (χ3n) is 1.40. The molecule has 0 aromatic heterocycles. The minimum absolute atomic E-state index is 0.0568. The quantitative estimate of drug-likeness (QED) is 0.608. The maximum atomic E-state index is 10.8. The molecular formula is C7H7BClNO4. The van der Waals surface area contributed by atoms with Gasteiger partial charge in [-0.2, -0.15) is 0 Å². The van der Waals surface area contributed by atoms with Gasteiger partial charge in [-0.3, -0.25) is 4.79 Å². The molecule has 0 fully saturated rings. The van der Waals surface area contributed by atoms with Gasteiger partial charge < -0.3 is 20.4 Å². The lowest BCUT2D eigenvalue weighted by atomic mass is 10.2. The van der Waals surface area contributed by atoms with Crippen LogP contribution in [-0.2, 0) is 0 Å². The van der Waals surface area contributed by atoms with Crippen LogP contribution < -0.4 is 10.4 Å². The first-order valence-corrected chi connectivity index (χ1v) is 4.00. The van der Waals surface area contributed by atoms with Gasteiger partial charge in [0.2, 0.25) is 5.91 Å². The molecule has 0 aliphatic heterocycles. The van der Waals surface area contributed by atoms with Crippen LogP contribution >= 0.6 is 11.6 Å². The van der Waals surface area contributed by atoms with Crippen molar-refractivity contribution >= 4 is 24.8 Å². The van der Waals surface area contributed by atoms with Crippen molar-refractivity contribution in [2.24, 2.45) is 5.73 Å². The molecule has 0 spiro atoms. The topological polar surface area (TPSA) is 92.8 Å². The summed E-state index contributed by atoms with van der Waals surface area (Å²) in [5.74, 6) is -0.619. The summed E-state index contributed by atoms with van der Waals surface area (Å²) >= 11 is 5.63. The summed E-state index contributed by atoms with van der Waals surface area (Å²) in [6.45, 7) is 0. The SMILES string of the molecule is NC(=O)c1cc(Cl)cc(OB(O)O)c1. The number of primary amides is 1. The van der Waals surface area contributed by atoms with Crippen LogP contribution in [-0.4, -0.2) is 23.3 Å². The Bertz CT molecular complexity index is 358. The van der Waals surface area contributed by atoms with Gasteiger partial charge in [0.1, 0.15) is 5.75 Å². The highest BCUT2D eigenvalue weighted by atomic mass is 35.5. The lowest BCUT2D eigenvalue weighted by Crippen LogP contribution is -2.21. The maximum absolute atomic E-state index is 10.8. The van der Waals surface area contributed by atoms with Crippen molar-refractivity contribution in [3.8, 4) is 5.75 Å². The van der Waals surface area contributed by atoms with Crippen molar-refractivity contribution in [2.45, 2.75) is 0 Å². The van der Waals surface area contributed by atoms with E-state index in [1.54, 1.807) is 0 Å². The predicted octanol–water partition coefficient (Wildman–Crippen LogP) is -0.213. The van der Waals surface area contributed by atoms with Gasteiger partial charge in [-0.05, 0) is 18.2 Å². The van der Waals surface area contributed by atoms with Gasteiger partial charge in [0.15, 0.2) is 0 Å². The minimum Gasteiger partial charge on any atom is -0.512 e. The lowest BCUT2D eigenvalue weighted by Gasteiger charge is -2.06. The van der Waals surface area contributed by atoms with Crippen LogP contribution in [0.15, 0.2) is 18.2 Å². The van der Waals surface area contributed by atoms with E-state index in [4.69, 9.17) is 27.4 Å². The normalized spacial score (nSPS) is 9.64. The molecule has 1 aromatic rings. The molecule has 0 radical (unpaired) electrons. The molecule has 0 atom stereocenters. The number of hydrogen-bond donors (Lipinski definition) is 3. The van der Waals surface area contributed by atoms with Gasteiger partial charge in [-0.1, -0.05) is 11.6 Å². The summed E-state index contributed by atoms with van der Waals surface area (Å²) in [6, 6.07) is 3.93. The summed E-state index contributed by atoms with van der Waals surface area (Å²) in [5.41, 5.74) is 5.14. The van der Waals surface area contributed by atoms with Crippen molar-refractivity contribution < 1.29 is 19.5 Å². The Kier molecular flexibility index (Phi) is 3.35. The number of carbonyl (C=O) groups excluding carboxylic acids is 1. The van der Waals surface area contributed by atoms with Crippen LogP contribution in [0.3, 0.4) is 0 Å². The van der Waals surface area contributed by atoms with Gasteiger partial charge in [0, 0.05) is 10.6 Å². The molecule has 1 aromatic carbocycles. The highest BCUT2D eigenvalue weighted by Crippen LogP contribution is 2.20. The number of hydrogen-bond acceptors (Lipinski definition) is 4. The zero-order valence-corrected chi connectivity index (χ0v) is 7.73. The van der Waals surface area contributed by atoms with E-state index in [1.807, 2.05) is 0 Å². The second-order valence-corrected chi connectivity index (χ2v) is 2.92. The first-order chi connectivity index (χ1) is 6.49. The predicted molar refractivity (Wildman–Crippen MR) is 50.8 cm³/mol. The Morgan fingerprint density at radius 2 is 2.07 bits per heavy atom. The van der Waals surface area contributed by atoms with Gasteiger partial charge in [0.05, 0.1) is 0 Å². The molecule has 14 heavy (non-hydrogen) atoms. The maximum Gasteiger partial charge on any atom is 0.707 e. The van der Waals surface area contributed by atoms with E-state index in [1.165, 1.54) is 18.2 Å². The number of amides is 1. The first-order valence-electron chi connectivity index (χ1n) is 3.62. The standard InChI is InChI=1S/C7H7BClNO4/c9-5-1-4(7(10)11)2-6(3-5)14-8(12)13/h1-3,12-13H,(H2,10,11). The average molecular weight is 215 g/mol. The van der Waals surface area contributed by atoms with Crippen LogP contribution in [0, 0.1) is 0 Å². The molecule has 7 heteroatoms. The fraction of sp³-hybridized carbons (Fsp3) is 0. The summed E-state index contributed by atoms with van der Waals surface area (Å²) in [4.78, 5) is 10.8. The largest absolute Gasteiger partial charge is 0.707 e. The molecule has 4 N–H and O–H groups in total. The lowest BCUT2D eigenvalue weighted by molar-refractivity contribution is 0.1000. The number of carbonyl (C=O) groups is 1. The molecule has 0 unspecified atom stereocenters. The molecule has 1 amide bonds. The molecule has 0 aliphatic carbocycles. The number of nitrogens with two attached hydrogens (primary N) is 1. The van der Waals surface area contributed by atoms with E-state index in [-0.39, 0.29) is 16.3 Å². The number of benzene rings is 1. The van der Waals surface area contributed by atoms with E-state index in [9.17, 15) is 4.79 Å². The van der Waals surface area contributed by atoms with Crippen molar-refractivity contribution in [2.75, 3.05) is 0 Å². The second-order valence-electron chi connectivity index (χ2n) is 2.48. The third-order valence-corrected chi connectivity index (χ3v) is 1.62. The summed E-state index contributed by atoms with van der Waals surface area (Å²) < 4.78 is 4.50. The van der Waals surface area contributed by atoms with Crippen molar-refractivity contribution in [3.05, 3.63) is 28.8 Å². The Balaban J connectivity index is 3.01. The minimum atomic E-state index is -1.96. The molecule has 0 bridgehead atoms. The van der Waals surface area contributed by atoms with Crippen LogP contribution in [0.2, 0.25) is 5.02 Å². The van der Waals surface area contributed by atoms with Crippen LogP contribution in [0.5, 0.6) is 5.75 Å². The fourth-order valence-corrected chi connectivity index (χ4v) is 1.12. The van der Waals surface area contributed by atoms with E-state index in [0.717, 1.165) is 0 Å². The molecule has 5 nitrogen and oxygen atoms in total. The van der Waals surface area contributed by atoms with E-state index in [2.05, 4.69) is 4.65 Å². The molecule has 0 saturated heterocycles. The number of halogens is 1. The molecule has 0 heterocycles. The molecule has 0 saturated carbocycles. The van der Waals surface area contributed by atoms with E-state index < -0.39 is 13.2 Å². The van der Waals surface area contributed by atoms with E-state index >= 15 is 0 Å². The van der Waals surface area contributed by atoms with Crippen LogP contribution in [0.4, 0.5) is 0 Å². The Hall–Kier alpha value is -1.24. The zero-order chi connectivity index (χ0) is 10.7. The zero-order valence-electron chi connectivity index (χ0n) is 6.98. The molecule has 1 rings (SSSR count). The van der Waals surface area contributed by atoms with Crippen molar-refractivity contribution in [3.63, 3.8) is 0 Å². The van der Waals surface area contributed by atoms with Gasteiger partial charge in [-0.15, -0.1) is 0 Å². The number of rotatable bonds is 3. The molecule has 74 valence electrons. The third kappa shape index (κ3) is 2.92. The summed E-state index contributed by atoms with van der Waals surface area (Å²) in [7, 11) is -1.96. The monoisotopic (exact) mass is 215 g/mol. The summed E-state index contributed by atoms with van der Waals surface area (Å²) in [5, 5.41) is 17.2. The molecular weight excluding hydrogens is 208 g/mol. The second kappa shape index (κ2) is 4.32. The highest BCUT2D eigenvalue weighted by Gasteiger charge is 2.13. The Morgan fingerprint density at radius 3 is 2.57 bits per heavy atom. The van der Waals surface area contributed by atoms with Crippen molar-refractivity contribution in [1.29, 1.82) is 0 Å².